The van der Waals surface area contributed by atoms with E-state index in [1.807, 2.05) is 0 Å². The fourth-order valence-electron chi connectivity index (χ4n) is 1.02. The van der Waals surface area contributed by atoms with E-state index in [4.69, 9.17) is 5.84 Å². The first kappa shape index (κ1) is 12.8. The second-order valence-corrected chi connectivity index (χ2v) is 4.32. The zero-order valence-electron chi connectivity index (χ0n) is 8.51. The topological polar surface area (TPSA) is 55.1 Å². The summed E-state index contributed by atoms with van der Waals surface area (Å²) in [6.07, 6.45) is 4.29. The number of nitrogens with one attached hydrogen (secondary N) is 1. The van der Waals surface area contributed by atoms with Gasteiger partial charge >= 0.3 is 0 Å². The van der Waals surface area contributed by atoms with E-state index in [0.29, 0.717) is 0 Å². The molecule has 0 aromatic rings. The Morgan fingerprint density at radius 2 is 2.15 bits per heavy atom. The average Bonchev–Trinajstić information content (AvgIpc) is 2.16. The lowest BCUT2D eigenvalue weighted by molar-refractivity contribution is -0.120. The monoisotopic (exact) mass is 204 g/mol. The summed E-state index contributed by atoms with van der Waals surface area (Å²) >= 11 is 1.71. The van der Waals surface area contributed by atoms with Gasteiger partial charge < -0.3 is 0 Å². The minimum atomic E-state index is -0.0389. The smallest absolute Gasteiger partial charge is 0.246 e. The molecule has 0 aliphatic rings. The largest absolute Gasteiger partial charge is 0.293 e. The zero-order chi connectivity index (χ0) is 10.1. The molecule has 0 fully saturated rings. The molecule has 1 atom stereocenters. The van der Waals surface area contributed by atoms with Gasteiger partial charge in [0.2, 0.25) is 5.91 Å². The van der Waals surface area contributed by atoms with Crippen LogP contribution in [0.25, 0.3) is 0 Å². The maximum Gasteiger partial charge on any atom is 0.246 e. The van der Waals surface area contributed by atoms with E-state index < -0.39 is 0 Å². The summed E-state index contributed by atoms with van der Waals surface area (Å²) in [5.41, 5.74) is 2.22. The van der Waals surface area contributed by atoms with Crippen LogP contribution in [0.3, 0.4) is 0 Å². The van der Waals surface area contributed by atoms with Crippen molar-refractivity contribution in [1.29, 1.82) is 0 Å². The number of rotatable bonds is 7. The van der Waals surface area contributed by atoms with Crippen LogP contribution in [-0.2, 0) is 4.79 Å². The summed E-state index contributed by atoms with van der Waals surface area (Å²) in [5.74, 6) is 6.11. The summed E-state index contributed by atoms with van der Waals surface area (Å²) in [6, 6.07) is 0. The van der Waals surface area contributed by atoms with Gasteiger partial charge in [0.1, 0.15) is 0 Å². The van der Waals surface area contributed by atoms with Crippen LogP contribution in [0.15, 0.2) is 0 Å². The van der Waals surface area contributed by atoms with Gasteiger partial charge in [-0.1, -0.05) is 26.7 Å². The molecule has 0 aromatic carbocycles. The van der Waals surface area contributed by atoms with Gasteiger partial charge in [-0.3, -0.25) is 10.2 Å². The number of hydrogen-bond acceptors (Lipinski definition) is 3. The van der Waals surface area contributed by atoms with Gasteiger partial charge in [0.25, 0.3) is 0 Å². The van der Waals surface area contributed by atoms with E-state index in [9.17, 15) is 4.79 Å². The highest BCUT2D eigenvalue weighted by Gasteiger charge is 2.15. The number of unbranched alkanes of at least 4 members (excludes halogenated alkanes) is 1. The molecule has 0 spiro atoms. The number of hydrazine groups is 1. The van der Waals surface area contributed by atoms with Crippen molar-refractivity contribution in [3.05, 3.63) is 0 Å². The van der Waals surface area contributed by atoms with Crippen LogP contribution in [0.2, 0.25) is 0 Å². The van der Waals surface area contributed by atoms with E-state index in [2.05, 4.69) is 19.3 Å². The van der Waals surface area contributed by atoms with Crippen molar-refractivity contribution >= 4 is 17.7 Å². The molecule has 3 nitrogen and oxygen atoms in total. The summed E-state index contributed by atoms with van der Waals surface area (Å²) in [7, 11) is 0. The number of carbonyl (C=O) groups excluding carboxylic acids is 1. The molecule has 4 heteroatoms. The van der Waals surface area contributed by atoms with E-state index in [0.717, 1.165) is 18.6 Å². The number of carbonyl (C=O) groups is 1. The molecule has 3 N–H and O–H groups in total. The standard InChI is InChI=1S/C9H20N2OS/c1-3-5-7-13-8(6-4-2)9(12)11-10/h8H,3-7,10H2,1-2H3,(H,11,12). The quantitative estimate of drug-likeness (QED) is 0.287. The Labute approximate surface area is 84.8 Å². The molecule has 13 heavy (non-hydrogen) atoms. The Bertz CT molecular complexity index is 142. The minimum Gasteiger partial charge on any atom is -0.293 e. The molecule has 78 valence electrons. The predicted molar refractivity (Wildman–Crippen MR) is 58.4 cm³/mol. The molecule has 0 bridgehead atoms. The van der Waals surface area contributed by atoms with Crippen LogP contribution < -0.4 is 11.3 Å². The first-order valence-electron chi connectivity index (χ1n) is 4.88. The molecule has 0 saturated carbocycles. The van der Waals surface area contributed by atoms with Crippen molar-refractivity contribution in [2.45, 2.75) is 44.8 Å². The highest BCUT2D eigenvalue weighted by atomic mass is 32.2. The van der Waals surface area contributed by atoms with Crippen molar-refractivity contribution in [2.24, 2.45) is 5.84 Å². The highest BCUT2D eigenvalue weighted by molar-refractivity contribution is 8.00. The fraction of sp³-hybridized carbons (Fsp3) is 0.889. The van der Waals surface area contributed by atoms with Gasteiger partial charge in [-0.25, -0.2) is 5.84 Å². The van der Waals surface area contributed by atoms with Crippen LogP contribution in [0.5, 0.6) is 0 Å². The predicted octanol–water partition coefficient (Wildman–Crippen LogP) is 1.68. The van der Waals surface area contributed by atoms with Crippen molar-refractivity contribution in [3.8, 4) is 0 Å². The summed E-state index contributed by atoms with van der Waals surface area (Å²) < 4.78 is 0. The summed E-state index contributed by atoms with van der Waals surface area (Å²) in [6.45, 7) is 4.23. The molecule has 1 amide bonds. The maximum atomic E-state index is 11.2. The lowest BCUT2D eigenvalue weighted by Gasteiger charge is -2.13. The first-order valence-corrected chi connectivity index (χ1v) is 5.93. The molecular formula is C9H20N2OS. The Hall–Kier alpha value is -0.220. The van der Waals surface area contributed by atoms with Crippen LogP contribution in [0, 0.1) is 0 Å². The van der Waals surface area contributed by atoms with Gasteiger partial charge in [0.05, 0.1) is 5.25 Å². The molecule has 0 aromatic heterocycles. The van der Waals surface area contributed by atoms with E-state index in [-0.39, 0.29) is 11.2 Å². The SMILES string of the molecule is CCCCSC(CCC)C(=O)NN. The lowest BCUT2D eigenvalue weighted by Crippen LogP contribution is -2.37. The van der Waals surface area contributed by atoms with Crippen molar-refractivity contribution < 1.29 is 4.79 Å². The van der Waals surface area contributed by atoms with Crippen molar-refractivity contribution in [2.75, 3.05) is 5.75 Å². The van der Waals surface area contributed by atoms with Crippen LogP contribution in [0.4, 0.5) is 0 Å². The Balaban J connectivity index is 3.73. The van der Waals surface area contributed by atoms with Gasteiger partial charge in [-0.05, 0) is 18.6 Å². The molecule has 0 aliphatic carbocycles. The molecular weight excluding hydrogens is 184 g/mol. The maximum absolute atomic E-state index is 11.2. The van der Waals surface area contributed by atoms with Crippen LogP contribution in [-0.4, -0.2) is 16.9 Å². The van der Waals surface area contributed by atoms with Crippen LogP contribution in [0.1, 0.15) is 39.5 Å². The second-order valence-electron chi connectivity index (χ2n) is 3.01. The fourth-order valence-corrected chi connectivity index (χ4v) is 2.38. The third-order valence-corrected chi connectivity index (χ3v) is 3.18. The zero-order valence-corrected chi connectivity index (χ0v) is 9.32. The first-order chi connectivity index (χ1) is 6.26. The van der Waals surface area contributed by atoms with Gasteiger partial charge in [0, 0.05) is 0 Å². The Kier molecular flexibility index (Phi) is 8.24. The van der Waals surface area contributed by atoms with E-state index in [1.165, 1.54) is 12.8 Å². The highest BCUT2D eigenvalue weighted by Crippen LogP contribution is 2.17. The third-order valence-electron chi connectivity index (χ3n) is 1.80. The number of thioether (sulfide) groups is 1. The van der Waals surface area contributed by atoms with E-state index >= 15 is 0 Å². The minimum absolute atomic E-state index is 0.0389. The average molecular weight is 204 g/mol. The molecule has 0 radical (unpaired) electrons. The molecule has 0 aliphatic heterocycles. The lowest BCUT2D eigenvalue weighted by atomic mass is 10.2. The molecule has 0 rings (SSSR count). The van der Waals surface area contributed by atoms with Gasteiger partial charge in [-0.15, -0.1) is 11.8 Å². The number of hydrogen-bond donors (Lipinski definition) is 2. The van der Waals surface area contributed by atoms with Crippen LogP contribution >= 0.6 is 11.8 Å². The Morgan fingerprint density at radius 3 is 2.62 bits per heavy atom. The van der Waals surface area contributed by atoms with Crippen molar-refractivity contribution in [3.63, 3.8) is 0 Å². The normalized spacial score (nSPS) is 12.5. The summed E-state index contributed by atoms with van der Waals surface area (Å²) in [5, 5.41) is 0.0431. The molecule has 0 heterocycles. The second kappa shape index (κ2) is 8.38. The van der Waals surface area contributed by atoms with Gasteiger partial charge in [0.15, 0.2) is 0 Å². The van der Waals surface area contributed by atoms with Crippen molar-refractivity contribution in [1.82, 2.24) is 5.43 Å². The molecule has 0 saturated heterocycles. The van der Waals surface area contributed by atoms with Gasteiger partial charge in [-0.2, -0.15) is 0 Å². The summed E-state index contributed by atoms with van der Waals surface area (Å²) in [4.78, 5) is 11.2. The Morgan fingerprint density at radius 1 is 1.46 bits per heavy atom. The van der Waals surface area contributed by atoms with E-state index in [1.54, 1.807) is 11.8 Å². The molecule has 1 unspecified atom stereocenters. The number of nitrogens with two attached hydrogens (primary N) is 1. The third kappa shape index (κ3) is 5.93. The number of amides is 1.